The summed E-state index contributed by atoms with van der Waals surface area (Å²) in [6.07, 6.45) is 13.9. The minimum absolute atomic E-state index is 0.0165. The third-order valence-electron chi connectivity index (χ3n) is 7.92. The number of ether oxygens (including phenoxy) is 1. The van der Waals surface area contributed by atoms with Crippen LogP contribution >= 0.6 is 22.7 Å². The number of rotatable bonds is 9. The first kappa shape index (κ1) is 28.5. The Bertz CT molecular complexity index is 1160. The van der Waals surface area contributed by atoms with Gasteiger partial charge in [-0.25, -0.2) is 4.98 Å². The van der Waals surface area contributed by atoms with E-state index < -0.39 is 5.41 Å². The molecule has 0 amide bonds. The normalized spacial score (nSPS) is 22.2. The maximum Gasteiger partial charge on any atom is 0.317 e. The Kier molecular flexibility index (Phi) is 10.6. The molecular formula is C32H41N2O2S2+. The van der Waals surface area contributed by atoms with Crippen molar-refractivity contribution < 1.29 is 14.8 Å². The highest BCUT2D eigenvalue weighted by Crippen LogP contribution is 2.45. The predicted molar refractivity (Wildman–Crippen MR) is 158 cm³/mol. The Balaban J connectivity index is 0.00000164. The molecule has 5 rings (SSSR count). The predicted octanol–water partition coefficient (Wildman–Crippen LogP) is 6.82. The van der Waals surface area contributed by atoms with Crippen molar-refractivity contribution in [3.63, 3.8) is 0 Å². The summed E-state index contributed by atoms with van der Waals surface area (Å²) in [5.74, 6) is 3.38. The van der Waals surface area contributed by atoms with Crippen LogP contribution in [0.3, 0.4) is 0 Å². The molecule has 0 spiro atoms. The van der Waals surface area contributed by atoms with E-state index in [2.05, 4.69) is 46.3 Å². The lowest BCUT2D eigenvalue weighted by Gasteiger charge is -2.43. The summed E-state index contributed by atoms with van der Waals surface area (Å²) in [6.45, 7) is 5.80. The molecule has 2 saturated carbocycles. The maximum atomic E-state index is 13.7. The van der Waals surface area contributed by atoms with E-state index in [1.165, 1.54) is 23.3 Å². The quantitative estimate of drug-likeness (QED) is 0.138. The largest absolute Gasteiger partial charge is 0.461 e. The van der Waals surface area contributed by atoms with Crippen LogP contribution in [0, 0.1) is 24.2 Å². The minimum atomic E-state index is -0.469. The smallest absolute Gasteiger partial charge is 0.317 e. The Morgan fingerprint density at radius 3 is 2.55 bits per heavy atom. The van der Waals surface area contributed by atoms with Crippen LogP contribution < -0.4 is 5.32 Å². The molecule has 6 heteroatoms. The number of benzene rings is 1. The van der Waals surface area contributed by atoms with E-state index in [-0.39, 0.29) is 23.9 Å². The molecule has 3 atom stereocenters. The fourth-order valence-electron chi connectivity index (χ4n) is 5.74. The Morgan fingerprint density at radius 2 is 1.87 bits per heavy atom. The average Bonchev–Trinajstić information content (AvgIpc) is 3.61. The molecule has 0 bridgehead atoms. The van der Waals surface area contributed by atoms with Crippen molar-refractivity contribution >= 4 is 28.6 Å². The Morgan fingerprint density at radius 1 is 1.11 bits per heavy atom. The van der Waals surface area contributed by atoms with Crippen molar-refractivity contribution in [2.24, 2.45) is 11.8 Å². The third kappa shape index (κ3) is 6.57. The highest BCUT2D eigenvalue weighted by Gasteiger charge is 2.48. The summed E-state index contributed by atoms with van der Waals surface area (Å²) in [7, 11) is 0. The summed E-state index contributed by atoms with van der Waals surface area (Å²) in [5, 5.41) is 7.59. The van der Waals surface area contributed by atoms with Gasteiger partial charge in [0, 0.05) is 34.1 Å². The molecule has 1 aromatic carbocycles. The highest BCUT2D eigenvalue weighted by molar-refractivity contribution is 7.13. The van der Waals surface area contributed by atoms with Crippen molar-refractivity contribution in [3.8, 4) is 22.9 Å². The van der Waals surface area contributed by atoms with Crippen LogP contribution in [0.1, 0.15) is 75.8 Å². The molecule has 2 N–H and O–H groups in total. The van der Waals surface area contributed by atoms with Crippen molar-refractivity contribution in [1.29, 1.82) is 0 Å². The second kappa shape index (κ2) is 14.1. The van der Waals surface area contributed by atoms with Crippen LogP contribution in [0.5, 0.6) is 0 Å². The highest BCUT2D eigenvalue weighted by atomic mass is 32.1. The number of thiophene rings is 1. The molecule has 2 aliphatic rings. The molecule has 0 saturated heterocycles. The van der Waals surface area contributed by atoms with Gasteiger partial charge in [-0.1, -0.05) is 75.9 Å². The number of carbonyl (C=O) groups is 1. The van der Waals surface area contributed by atoms with E-state index >= 15 is 0 Å². The van der Waals surface area contributed by atoms with E-state index in [4.69, 9.17) is 16.1 Å². The van der Waals surface area contributed by atoms with Crippen LogP contribution in [0.15, 0.2) is 53.2 Å². The van der Waals surface area contributed by atoms with Gasteiger partial charge in [0.05, 0.1) is 6.54 Å². The number of nitrogens with zero attached hydrogens (tertiary/aromatic N) is 1. The minimum Gasteiger partial charge on any atom is -0.461 e. The monoisotopic (exact) mass is 549 g/mol. The molecule has 0 aliphatic heterocycles. The van der Waals surface area contributed by atoms with Crippen LogP contribution in [0.25, 0.3) is 10.6 Å². The van der Waals surface area contributed by atoms with Gasteiger partial charge >= 0.3 is 5.97 Å². The number of hydrogen-bond donors (Lipinski definition) is 1. The number of quaternary nitrogens is 1. The number of terminal acetylenes is 1. The summed E-state index contributed by atoms with van der Waals surface area (Å²) in [4.78, 5) is 19.6. The maximum absolute atomic E-state index is 13.7. The van der Waals surface area contributed by atoms with Gasteiger partial charge in [-0.05, 0) is 30.7 Å². The van der Waals surface area contributed by atoms with Gasteiger partial charge in [0.15, 0.2) is 0 Å². The van der Waals surface area contributed by atoms with E-state index in [1.807, 2.05) is 32.0 Å². The van der Waals surface area contributed by atoms with Gasteiger partial charge in [0.25, 0.3) is 0 Å². The average molecular weight is 550 g/mol. The molecular weight excluding hydrogens is 508 g/mol. The topological polar surface area (TPSA) is 55.8 Å². The van der Waals surface area contributed by atoms with E-state index in [1.54, 1.807) is 22.7 Å². The lowest BCUT2D eigenvalue weighted by atomic mass is 9.69. The first-order chi connectivity index (χ1) is 18.7. The van der Waals surface area contributed by atoms with Crippen LogP contribution in [0.4, 0.5) is 0 Å². The SMILES string of the molecule is C#CC1CC(OC(=O)C2(c3cccs3)CCCCCC2)C1CC[NH2+]Cc1csc(-c2ccccc2)n1.CC. The molecule has 202 valence electrons. The summed E-state index contributed by atoms with van der Waals surface area (Å²) >= 11 is 3.39. The van der Waals surface area contributed by atoms with E-state index in [9.17, 15) is 4.79 Å². The zero-order chi connectivity index (χ0) is 26.8. The Hall–Kier alpha value is -2.46. The zero-order valence-corrected chi connectivity index (χ0v) is 24.4. The molecule has 3 unspecified atom stereocenters. The fraction of sp³-hybridized carbons (Fsp3) is 0.500. The molecule has 38 heavy (non-hydrogen) atoms. The van der Waals surface area contributed by atoms with Crippen molar-refractivity contribution in [2.75, 3.05) is 6.54 Å². The number of esters is 1. The van der Waals surface area contributed by atoms with Crippen LogP contribution in [0.2, 0.25) is 0 Å². The van der Waals surface area contributed by atoms with E-state index in [0.29, 0.717) is 0 Å². The van der Waals surface area contributed by atoms with Crippen molar-refractivity contribution in [2.45, 2.75) is 83.3 Å². The van der Waals surface area contributed by atoms with Crippen molar-refractivity contribution in [3.05, 3.63) is 63.8 Å². The molecule has 2 heterocycles. The van der Waals surface area contributed by atoms with Crippen LogP contribution in [-0.4, -0.2) is 23.6 Å². The number of nitrogens with two attached hydrogens (primary N) is 1. The van der Waals surface area contributed by atoms with E-state index in [0.717, 1.165) is 62.3 Å². The third-order valence-corrected chi connectivity index (χ3v) is 9.94. The molecule has 2 fully saturated rings. The summed E-state index contributed by atoms with van der Waals surface area (Å²) in [5.41, 5.74) is 1.80. The Labute approximate surface area is 236 Å². The van der Waals surface area contributed by atoms with Gasteiger partial charge < -0.3 is 10.1 Å². The second-order valence-electron chi connectivity index (χ2n) is 10.2. The summed E-state index contributed by atoms with van der Waals surface area (Å²) < 4.78 is 6.27. The molecule has 0 radical (unpaired) electrons. The standard InChI is InChI=1S/C30H34N2O2S2.C2H6/c1-2-22-19-26(34-29(33)30(27-13-10-18-35-27)15-8-3-4-9-16-30)25(22)14-17-31-20-24-21-36-28(32-24)23-11-6-5-7-12-23;1-2/h1,5-7,10-13,18,21-22,25-26,31H,3-4,8-9,14-17,19-20H2;1-2H3/p+1. The lowest BCUT2D eigenvalue weighted by molar-refractivity contribution is -0.672. The van der Waals surface area contributed by atoms with Crippen molar-refractivity contribution in [1.82, 2.24) is 4.98 Å². The van der Waals surface area contributed by atoms with Gasteiger partial charge in [0.1, 0.15) is 28.8 Å². The summed E-state index contributed by atoms with van der Waals surface area (Å²) in [6, 6.07) is 14.5. The molecule has 2 aliphatic carbocycles. The molecule has 4 nitrogen and oxygen atoms in total. The lowest BCUT2D eigenvalue weighted by Crippen LogP contribution is -2.83. The fourth-order valence-corrected chi connectivity index (χ4v) is 7.55. The first-order valence-corrected chi connectivity index (χ1v) is 16.0. The van der Waals surface area contributed by atoms with Gasteiger partial charge in [-0.2, -0.15) is 0 Å². The van der Waals surface area contributed by atoms with Gasteiger partial charge in [-0.3, -0.25) is 4.79 Å². The van der Waals surface area contributed by atoms with Gasteiger partial charge in [0.2, 0.25) is 0 Å². The van der Waals surface area contributed by atoms with Gasteiger partial charge in [-0.15, -0.1) is 35.0 Å². The number of carbonyl (C=O) groups excluding carboxylic acids is 1. The number of thiazole rings is 1. The second-order valence-corrected chi connectivity index (χ2v) is 12.0. The molecule has 3 aromatic rings. The number of aromatic nitrogens is 1. The molecule has 2 aromatic heterocycles. The first-order valence-electron chi connectivity index (χ1n) is 14.2. The number of hydrogen-bond acceptors (Lipinski definition) is 5. The van der Waals surface area contributed by atoms with Crippen LogP contribution in [-0.2, 0) is 21.5 Å². The zero-order valence-electron chi connectivity index (χ0n) is 22.7.